The molecule has 65 heavy (non-hydrogen) atoms. The van der Waals surface area contributed by atoms with Gasteiger partial charge in [-0.2, -0.15) is 15.6 Å². The highest BCUT2D eigenvalue weighted by atomic mass is 16.6. The SMILES string of the molecule is CC(C)(C)OC(=O)N=C(NC(=O)OC(C)(C)C)n1cccn1.COC(=O)c1cc(C#N)cc(N=C(NC(=O)OC(C)(C)C)NC(=O)OC(C)(C)C)c1.COC(=O)c1cc(N)cc(C#N)c1.[HH]. The van der Waals surface area contributed by atoms with Gasteiger partial charge in [-0.15, -0.1) is 4.99 Å². The van der Waals surface area contributed by atoms with Crippen LogP contribution in [0.1, 0.15) is 116 Å². The van der Waals surface area contributed by atoms with Gasteiger partial charge in [0.05, 0.1) is 54.3 Å². The van der Waals surface area contributed by atoms with Crippen molar-refractivity contribution in [2.75, 3.05) is 20.0 Å². The molecule has 0 radical (unpaired) electrons. The molecule has 0 aliphatic rings. The van der Waals surface area contributed by atoms with E-state index >= 15 is 0 Å². The molecule has 1 aromatic heterocycles. The summed E-state index contributed by atoms with van der Waals surface area (Å²) in [5.41, 5.74) is 3.84. The quantitative estimate of drug-likeness (QED) is 0.0669. The summed E-state index contributed by atoms with van der Waals surface area (Å²) in [6, 6.07) is 13.8. The molecular weight excluding hydrogens is 849 g/mol. The standard InChI is InChI=1S/C20H26N4O6.C14H22N4O4.C9H8N2O2.H2/c1-19(2,3)29-17(26)23-16(24-18(27)30-20(4,5)6)22-14-9-12(11-21)8-13(10-14)15(25)28-7;1-13(2,3)21-11(19)16-10(18-9-7-8-15-18)17-12(20)22-14(4,5)6;1-13-9(12)7-2-6(5-10)3-8(11)4-7;/h8-10H,1-7H3,(H2,22,23,24,26,27);7-9H,1-6H3,(H,16,17,19,20);2-4H,11H2,1H3;1H. The molecule has 4 amide bonds. The predicted octanol–water partition coefficient (Wildman–Crippen LogP) is 7.10. The van der Waals surface area contributed by atoms with Crippen LogP contribution < -0.4 is 21.7 Å². The Morgan fingerprint density at radius 1 is 0.646 bits per heavy atom. The predicted molar refractivity (Wildman–Crippen MR) is 238 cm³/mol. The second kappa shape index (κ2) is 24.0. The number of carbonyl (C=O) groups excluding carboxylic acids is 6. The van der Waals surface area contributed by atoms with Crippen LogP contribution in [0.25, 0.3) is 0 Å². The van der Waals surface area contributed by atoms with Gasteiger partial charge in [0.2, 0.25) is 11.9 Å². The van der Waals surface area contributed by atoms with Gasteiger partial charge in [0.25, 0.3) is 0 Å². The Labute approximate surface area is 378 Å². The normalized spacial score (nSPS) is 11.1. The lowest BCUT2D eigenvalue weighted by atomic mass is 10.1. The van der Waals surface area contributed by atoms with Crippen LogP contribution in [-0.2, 0) is 28.4 Å². The fraction of sp³-hybridized carbons (Fsp3) is 0.419. The van der Waals surface area contributed by atoms with Gasteiger partial charge in [-0.3, -0.25) is 16.0 Å². The van der Waals surface area contributed by atoms with Gasteiger partial charge < -0.3 is 34.2 Å². The van der Waals surface area contributed by atoms with E-state index in [9.17, 15) is 34.0 Å². The van der Waals surface area contributed by atoms with E-state index in [-0.39, 0.29) is 30.2 Å². The number of rotatable bonds is 3. The molecule has 22 nitrogen and oxygen atoms in total. The van der Waals surface area contributed by atoms with Crippen LogP contribution in [0.3, 0.4) is 0 Å². The third-order valence-corrected chi connectivity index (χ3v) is 6.38. The molecule has 3 rings (SSSR count). The number of aromatic nitrogens is 2. The molecule has 0 spiro atoms. The molecule has 0 bridgehead atoms. The van der Waals surface area contributed by atoms with Crippen molar-refractivity contribution >= 4 is 59.6 Å². The second-order valence-electron chi connectivity index (χ2n) is 17.0. The van der Waals surface area contributed by atoms with Crippen LogP contribution in [0.5, 0.6) is 0 Å². The zero-order chi connectivity index (χ0) is 49.9. The van der Waals surface area contributed by atoms with Crippen molar-refractivity contribution < 1.29 is 58.6 Å². The van der Waals surface area contributed by atoms with Crippen LogP contribution >= 0.6 is 0 Å². The van der Waals surface area contributed by atoms with Crippen molar-refractivity contribution in [1.29, 1.82) is 10.5 Å². The molecule has 22 heteroatoms. The van der Waals surface area contributed by atoms with E-state index in [1.807, 2.05) is 12.1 Å². The summed E-state index contributed by atoms with van der Waals surface area (Å²) in [6.45, 7) is 20.4. The number of hydrogen-bond donors (Lipinski definition) is 4. The minimum absolute atomic E-state index is 0. The van der Waals surface area contributed by atoms with E-state index in [4.69, 9.17) is 29.9 Å². The van der Waals surface area contributed by atoms with Crippen LogP contribution in [0.15, 0.2) is 64.8 Å². The third kappa shape index (κ3) is 23.7. The number of nitrogen functional groups attached to an aromatic ring is 1. The molecule has 2 aromatic carbocycles. The lowest BCUT2D eigenvalue weighted by Gasteiger charge is -2.22. The number of carbonyl (C=O) groups is 6. The number of guanidine groups is 1. The number of anilines is 1. The number of aliphatic imine (C=N–C) groups is 2. The Hall–Kier alpha value is -8.01. The smallest absolute Gasteiger partial charge is 0.437 e. The molecule has 0 aliphatic carbocycles. The van der Waals surface area contributed by atoms with E-state index in [1.54, 1.807) is 89.2 Å². The van der Waals surface area contributed by atoms with Crippen LogP contribution in [0.2, 0.25) is 0 Å². The monoisotopic (exact) mass is 906 g/mol. The molecule has 0 atom stereocenters. The van der Waals surface area contributed by atoms with E-state index in [0.717, 1.165) is 0 Å². The number of methoxy groups -OCH3 is 2. The lowest BCUT2D eigenvalue weighted by molar-refractivity contribution is 0.0529. The first-order valence-corrected chi connectivity index (χ1v) is 19.3. The van der Waals surface area contributed by atoms with E-state index in [2.05, 4.69) is 40.5 Å². The molecule has 352 valence electrons. The number of nitrogens with one attached hydrogen (secondary N) is 3. The average molecular weight is 907 g/mol. The zero-order valence-electron chi connectivity index (χ0n) is 38.9. The Bertz CT molecular complexity index is 2290. The number of ether oxygens (including phenoxy) is 6. The third-order valence-electron chi connectivity index (χ3n) is 6.38. The van der Waals surface area contributed by atoms with Gasteiger partial charge in [-0.05, 0) is 126 Å². The molecule has 1 heterocycles. The Morgan fingerprint density at radius 2 is 1.08 bits per heavy atom. The molecule has 0 unspecified atom stereocenters. The molecule has 5 N–H and O–H groups in total. The molecule has 0 saturated heterocycles. The van der Waals surface area contributed by atoms with Crippen LogP contribution in [0.4, 0.5) is 30.6 Å². The number of nitrogens with two attached hydrogens (primary N) is 1. The fourth-order valence-corrected chi connectivity index (χ4v) is 4.24. The average Bonchev–Trinajstić information content (AvgIpc) is 3.69. The van der Waals surface area contributed by atoms with Gasteiger partial charge in [-0.1, -0.05) is 0 Å². The maximum Gasteiger partial charge on any atom is 0.437 e. The number of hydrogen-bond acceptors (Lipinski definition) is 17. The van der Waals surface area contributed by atoms with Crippen molar-refractivity contribution in [1.82, 2.24) is 25.7 Å². The molecule has 0 saturated carbocycles. The summed E-state index contributed by atoms with van der Waals surface area (Å²) in [5.74, 6) is -1.59. The highest BCUT2D eigenvalue weighted by Gasteiger charge is 2.23. The Kier molecular flexibility index (Phi) is 20.3. The van der Waals surface area contributed by atoms with Crippen LogP contribution in [-0.4, -0.2) is 94.6 Å². The lowest BCUT2D eigenvalue weighted by Crippen LogP contribution is -2.47. The summed E-state index contributed by atoms with van der Waals surface area (Å²) in [6.07, 6.45) is -0.315. The topological polar surface area (TPSA) is 310 Å². The van der Waals surface area contributed by atoms with Gasteiger partial charge in [0, 0.05) is 19.5 Å². The Balaban J connectivity index is 0.00000103. The minimum Gasteiger partial charge on any atom is -0.465 e. The van der Waals surface area contributed by atoms with Crippen LogP contribution in [0, 0.1) is 22.7 Å². The summed E-state index contributed by atoms with van der Waals surface area (Å²) in [5, 5.41) is 28.7. The van der Waals surface area contributed by atoms with Crippen molar-refractivity contribution in [2.24, 2.45) is 9.98 Å². The van der Waals surface area contributed by atoms with Crippen molar-refractivity contribution in [3.8, 4) is 12.1 Å². The number of benzene rings is 2. The van der Waals surface area contributed by atoms with Gasteiger partial charge >= 0.3 is 36.3 Å². The maximum absolute atomic E-state index is 12.1. The summed E-state index contributed by atoms with van der Waals surface area (Å²) in [4.78, 5) is 78.6. The first kappa shape index (κ1) is 55.0. The number of amides is 4. The first-order chi connectivity index (χ1) is 29.8. The summed E-state index contributed by atoms with van der Waals surface area (Å²) in [7, 11) is 2.47. The summed E-state index contributed by atoms with van der Waals surface area (Å²) >= 11 is 0. The number of esters is 2. The largest absolute Gasteiger partial charge is 0.465 e. The van der Waals surface area contributed by atoms with Gasteiger partial charge in [0.1, 0.15) is 22.4 Å². The van der Waals surface area contributed by atoms with Gasteiger partial charge in [-0.25, -0.2) is 38.4 Å². The Morgan fingerprint density at radius 3 is 1.48 bits per heavy atom. The first-order valence-electron chi connectivity index (χ1n) is 19.3. The zero-order valence-corrected chi connectivity index (χ0v) is 38.9. The minimum atomic E-state index is -0.873. The van der Waals surface area contributed by atoms with Crippen molar-refractivity contribution in [3.05, 3.63) is 77.1 Å². The fourth-order valence-electron chi connectivity index (χ4n) is 4.24. The highest BCUT2D eigenvalue weighted by molar-refractivity contribution is 6.03. The van der Waals surface area contributed by atoms with Crippen molar-refractivity contribution in [2.45, 2.75) is 105 Å². The number of nitriles is 2. The van der Waals surface area contributed by atoms with E-state index in [0.29, 0.717) is 16.8 Å². The maximum atomic E-state index is 12.1. The highest BCUT2D eigenvalue weighted by Crippen LogP contribution is 2.19. The summed E-state index contributed by atoms with van der Waals surface area (Å²) < 4.78 is 30.9. The van der Waals surface area contributed by atoms with Crippen molar-refractivity contribution in [3.63, 3.8) is 0 Å². The number of nitrogens with zero attached hydrogens (tertiary/aromatic N) is 6. The van der Waals surface area contributed by atoms with E-state index < -0.39 is 58.7 Å². The van der Waals surface area contributed by atoms with Gasteiger partial charge in [0.15, 0.2) is 0 Å². The second-order valence-corrected chi connectivity index (χ2v) is 17.0. The molecule has 0 aliphatic heterocycles. The molecular formula is C43H58N10O12. The number of alkyl carbamates (subject to hydrolysis) is 3. The molecule has 3 aromatic rings. The van der Waals surface area contributed by atoms with E-state index in [1.165, 1.54) is 67.7 Å². The molecule has 0 fully saturated rings.